The van der Waals surface area contributed by atoms with E-state index in [1.165, 1.54) is 13.1 Å². The number of likely N-dealkylation sites (tertiary alicyclic amines) is 1. The number of benzene rings is 1. The molecular weight excluding hydrogens is 284 g/mol. The van der Waals surface area contributed by atoms with Crippen molar-refractivity contribution in [2.24, 2.45) is 0 Å². The van der Waals surface area contributed by atoms with Gasteiger partial charge in [-0.05, 0) is 18.6 Å². The van der Waals surface area contributed by atoms with E-state index in [9.17, 15) is 19.2 Å². The summed E-state index contributed by atoms with van der Waals surface area (Å²) in [5.74, 6) is 0.396. The summed E-state index contributed by atoms with van der Waals surface area (Å²) in [6, 6.07) is 3.73. The molecule has 4 amide bonds. The molecule has 6 nitrogen and oxygen atoms in total. The Morgan fingerprint density at radius 2 is 1.91 bits per heavy atom. The summed E-state index contributed by atoms with van der Waals surface area (Å²) in [5, 5.41) is 0. The van der Waals surface area contributed by atoms with Crippen LogP contribution in [0.15, 0.2) is 18.2 Å². The van der Waals surface area contributed by atoms with Gasteiger partial charge in [0.15, 0.2) is 0 Å². The Bertz CT molecular complexity index is 775. The lowest BCUT2D eigenvalue weighted by molar-refractivity contribution is -0.149. The highest BCUT2D eigenvalue weighted by atomic mass is 16.2. The van der Waals surface area contributed by atoms with Crippen LogP contribution < -0.4 is 0 Å². The minimum atomic E-state index is -0.958. The van der Waals surface area contributed by atoms with Crippen LogP contribution in [-0.4, -0.2) is 46.5 Å². The normalized spacial score (nSPS) is 21.2. The third kappa shape index (κ3) is 1.76. The molecular formula is C16H12N2O4. The van der Waals surface area contributed by atoms with Crippen molar-refractivity contribution in [3.63, 3.8) is 0 Å². The monoisotopic (exact) mass is 296 g/mol. The fourth-order valence-corrected chi connectivity index (χ4v) is 2.84. The van der Waals surface area contributed by atoms with Gasteiger partial charge in [-0.3, -0.25) is 29.0 Å². The van der Waals surface area contributed by atoms with E-state index in [0.29, 0.717) is 5.56 Å². The quantitative estimate of drug-likeness (QED) is 0.556. The zero-order chi connectivity index (χ0) is 16.0. The summed E-state index contributed by atoms with van der Waals surface area (Å²) in [5.41, 5.74) is 0.682. The highest BCUT2D eigenvalue weighted by molar-refractivity contribution is 6.24. The number of carbonyl (C=O) groups excluding carboxylic acids is 4. The van der Waals surface area contributed by atoms with E-state index in [2.05, 4.69) is 5.92 Å². The number of hydrogen-bond acceptors (Lipinski definition) is 4. The van der Waals surface area contributed by atoms with Crippen LogP contribution in [-0.2, 0) is 9.59 Å². The first kappa shape index (κ1) is 14.0. The van der Waals surface area contributed by atoms with Gasteiger partial charge in [0.1, 0.15) is 6.04 Å². The van der Waals surface area contributed by atoms with E-state index >= 15 is 0 Å². The third-order valence-electron chi connectivity index (χ3n) is 4.03. The maximum absolute atomic E-state index is 12.6. The number of amides is 4. The van der Waals surface area contributed by atoms with Gasteiger partial charge in [-0.15, -0.1) is 6.42 Å². The van der Waals surface area contributed by atoms with Crippen molar-refractivity contribution in [1.82, 2.24) is 9.80 Å². The molecule has 1 aromatic carbocycles. The van der Waals surface area contributed by atoms with Crippen LogP contribution in [0.25, 0.3) is 0 Å². The molecule has 6 heteroatoms. The summed E-state index contributed by atoms with van der Waals surface area (Å²) in [7, 11) is 1.35. The molecule has 0 N–H and O–H groups in total. The average molecular weight is 296 g/mol. The molecule has 0 aromatic heterocycles. The van der Waals surface area contributed by atoms with Gasteiger partial charge < -0.3 is 0 Å². The number of imide groups is 2. The van der Waals surface area contributed by atoms with E-state index in [1.807, 2.05) is 0 Å². The second-order valence-electron chi connectivity index (χ2n) is 5.20. The topological polar surface area (TPSA) is 74.8 Å². The van der Waals surface area contributed by atoms with Gasteiger partial charge in [0.25, 0.3) is 17.7 Å². The van der Waals surface area contributed by atoms with Gasteiger partial charge in [0, 0.05) is 19.0 Å². The molecule has 2 heterocycles. The first-order valence-electron chi connectivity index (χ1n) is 6.75. The zero-order valence-electron chi connectivity index (χ0n) is 11.8. The Balaban J connectivity index is 2.04. The Morgan fingerprint density at radius 3 is 2.59 bits per heavy atom. The predicted octanol–water partition coefficient (Wildman–Crippen LogP) is 0.411. The Morgan fingerprint density at radius 1 is 1.18 bits per heavy atom. The zero-order valence-corrected chi connectivity index (χ0v) is 11.8. The van der Waals surface area contributed by atoms with E-state index in [-0.39, 0.29) is 29.9 Å². The van der Waals surface area contributed by atoms with Gasteiger partial charge in [-0.1, -0.05) is 12.0 Å². The molecule has 0 saturated carbocycles. The van der Waals surface area contributed by atoms with Crippen LogP contribution in [0.3, 0.4) is 0 Å². The number of terminal acetylenes is 1. The van der Waals surface area contributed by atoms with E-state index in [0.717, 1.165) is 9.80 Å². The molecule has 1 unspecified atom stereocenters. The average Bonchev–Trinajstić information content (AvgIpc) is 2.77. The number of fused-ring (bicyclic) bond motifs is 1. The summed E-state index contributed by atoms with van der Waals surface area (Å²) >= 11 is 0. The number of hydrogen-bond donors (Lipinski definition) is 0. The molecule has 110 valence electrons. The summed E-state index contributed by atoms with van der Waals surface area (Å²) < 4.78 is 0. The molecule has 0 radical (unpaired) electrons. The smallest absolute Gasteiger partial charge is 0.263 e. The second kappa shape index (κ2) is 4.81. The van der Waals surface area contributed by atoms with Crippen molar-refractivity contribution >= 4 is 23.6 Å². The van der Waals surface area contributed by atoms with Gasteiger partial charge >= 0.3 is 0 Å². The maximum Gasteiger partial charge on any atom is 0.263 e. The van der Waals surface area contributed by atoms with Crippen molar-refractivity contribution in [3.8, 4) is 12.3 Å². The Kier molecular flexibility index (Phi) is 3.06. The van der Waals surface area contributed by atoms with Crippen LogP contribution in [0.1, 0.15) is 39.1 Å². The molecule has 0 aliphatic carbocycles. The number of piperidine rings is 1. The van der Waals surface area contributed by atoms with Crippen molar-refractivity contribution in [3.05, 3.63) is 34.9 Å². The maximum atomic E-state index is 12.6. The number of rotatable bonds is 1. The van der Waals surface area contributed by atoms with Crippen molar-refractivity contribution < 1.29 is 19.2 Å². The minimum Gasteiger partial charge on any atom is -0.284 e. The summed E-state index contributed by atoms with van der Waals surface area (Å²) in [6.45, 7) is 0. The number of nitrogens with zero attached hydrogens (tertiary/aromatic N) is 2. The lowest BCUT2D eigenvalue weighted by atomic mass is 10.0. The van der Waals surface area contributed by atoms with Gasteiger partial charge in [0.2, 0.25) is 5.91 Å². The molecule has 22 heavy (non-hydrogen) atoms. The molecule has 2 aliphatic heterocycles. The molecule has 1 saturated heterocycles. The molecule has 1 aromatic rings. The Labute approximate surface area is 126 Å². The van der Waals surface area contributed by atoms with Gasteiger partial charge in [-0.2, -0.15) is 0 Å². The van der Waals surface area contributed by atoms with Crippen LogP contribution in [0.4, 0.5) is 0 Å². The highest BCUT2D eigenvalue weighted by Crippen LogP contribution is 2.30. The van der Waals surface area contributed by atoms with Crippen LogP contribution in [0, 0.1) is 12.3 Å². The summed E-state index contributed by atoms with van der Waals surface area (Å²) in [6.07, 6.45) is 5.62. The second-order valence-corrected chi connectivity index (χ2v) is 5.20. The van der Waals surface area contributed by atoms with Crippen molar-refractivity contribution in [1.29, 1.82) is 0 Å². The minimum absolute atomic E-state index is 0.113. The predicted molar refractivity (Wildman–Crippen MR) is 75.7 cm³/mol. The van der Waals surface area contributed by atoms with Crippen molar-refractivity contribution in [2.75, 3.05) is 7.05 Å². The lowest BCUT2D eigenvalue weighted by Crippen LogP contribution is -2.54. The van der Waals surface area contributed by atoms with Gasteiger partial charge in [-0.25, -0.2) is 0 Å². The molecule has 0 spiro atoms. The van der Waals surface area contributed by atoms with Gasteiger partial charge in [0.05, 0.1) is 11.1 Å². The largest absolute Gasteiger partial charge is 0.284 e. The van der Waals surface area contributed by atoms with E-state index < -0.39 is 23.8 Å². The highest BCUT2D eigenvalue weighted by Gasteiger charge is 2.46. The molecule has 0 bridgehead atoms. The summed E-state index contributed by atoms with van der Waals surface area (Å²) in [4.78, 5) is 50.7. The van der Waals surface area contributed by atoms with Crippen molar-refractivity contribution in [2.45, 2.75) is 18.9 Å². The molecule has 1 fully saturated rings. The van der Waals surface area contributed by atoms with Crippen LogP contribution >= 0.6 is 0 Å². The lowest BCUT2D eigenvalue weighted by Gasteiger charge is -2.32. The SMILES string of the molecule is C#Cc1cccc2c1C(=O)N(C1CCC(=O)N(C)C1=O)C2=O. The first-order valence-corrected chi connectivity index (χ1v) is 6.75. The van der Waals surface area contributed by atoms with Crippen LogP contribution in [0.5, 0.6) is 0 Å². The van der Waals surface area contributed by atoms with Crippen LogP contribution in [0.2, 0.25) is 0 Å². The molecule has 3 rings (SSSR count). The molecule has 2 aliphatic rings. The van der Waals surface area contributed by atoms with E-state index in [4.69, 9.17) is 6.42 Å². The first-order chi connectivity index (χ1) is 10.5. The molecule has 1 atom stereocenters. The third-order valence-corrected chi connectivity index (χ3v) is 4.03. The number of carbonyl (C=O) groups is 4. The van der Waals surface area contributed by atoms with E-state index in [1.54, 1.807) is 12.1 Å². The fourth-order valence-electron chi connectivity index (χ4n) is 2.84. The standard InChI is InChI=1S/C16H12N2O4/c1-3-9-5-4-6-10-13(9)16(22)18(14(10)20)11-7-8-12(19)17(2)15(11)21/h1,4-6,11H,7-8H2,2H3. The fraction of sp³-hybridized carbons (Fsp3) is 0.250. The number of likely N-dealkylation sites (N-methyl/N-ethyl adjacent to an activating group) is 1. The Hall–Kier alpha value is -2.94.